The third kappa shape index (κ3) is 4.69. The molecular formula is C13H16N2O3. The fourth-order valence-corrected chi connectivity index (χ4v) is 1.46. The topological polar surface area (TPSA) is 78.4 Å². The van der Waals surface area contributed by atoms with Crippen molar-refractivity contribution in [2.24, 2.45) is 0 Å². The van der Waals surface area contributed by atoms with Crippen molar-refractivity contribution >= 4 is 11.9 Å². The molecule has 0 aliphatic heterocycles. The van der Waals surface area contributed by atoms with Crippen molar-refractivity contribution in [1.29, 1.82) is 0 Å². The molecule has 1 atom stereocenters. The molecule has 0 spiro atoms. The summed E-state index contributed by atoms with van der Waals surface area (Å²) in [5.41, 5.74) is 0.863. The molecule has 96 valence electrons. The number of hydrogen-bond donors (Lipinski definition) is 3. The van der Waals surface area contributed by atoms with E-state index in [1.807, 2.05) is 30.3 Å². The van der Waals surface area contributed by atoms with Crippen LogP contribution in [0.2, 0.25) is 0 Å². The van der Waals surface area contributed by atoms with Crippen molar-refractivity contribution in [2.45, 2.75) is 12.5 Å². The van der Waals surface area contributed by atoms with Gasteiger partial charge in [0.05, 0.1) is 6.54 Å². The second kappa shape index (κ2) is 7.11. The minimum absolute atomic E-state index is 0.0159. The molecule has 18 heavy (non-hydrogen) atoms. The number of amides is 1. The van der Waals surface area contributed by atoms with Gasteiger partial charge >= 0.3 is 5.97 Å². The first-order valence-electron chi connectivity index (χ1n) is 5.54. The molecule has 0 bridgehead atoms. The second-order valence-corrected chi connectivity index (χ2v) is 3.73. The lowest BCUT2D eigenvalue weighted by atomic mass is 10.1. The SMILES string of the molecule is C=CNCC(=O)NC(Cc1ccccc1)C(=O)O. The summed E-state index contributed by atoms with van der Waals surface area (Å²) in [7, 11) is 0. The summed E-state index contributed by atoms with van der Waals surface area (Å²) in [6.45, 7) is 3.42. The Morgan fingerprint density at radius 1 is 1.33 bits per heavy atom. The summed E-state index contributed by atoms with van der Waals surface area (Å²) in [6.07, 6.45) is 1.64. The van der Waals surface area contributed by atoms with Crippen LogP contribution in [-0.2, 0) is 16.0 Å². The molecule has 1 amide bonds. The lowest BCUT2D eigenvalue weighted by Crippen LogP contribution is -2.45. The van der Waals surface area contributed by atoms with Gasteiger partial charge in [-0.15, -0.1) is 0 Å². The molecule has 1 unspecified atom stereocenters. The maximum absolute atomic E-state index is 11.4. The predicted octanol–water partition coefficient (Wildman–Crippen LogP) is 0.532. The van der Waals surface area contributed by atoms with Crippen LogP contribution < -0.4 is 10.6 Å². The number of aliphatic carboxylic acids is 1. The van der Waals surface area contributed by atoms with Crippen molar-refractivity contribution in [1.82, 2.24) is 10.6 Å². The van der Waals surface area contributed by atoms with Gasteiger partial charge in [-0.05, 0) is 11.8 Å². The summed E-state index contributed by atoms with van der Waals surface area (Å²) in [6, 6.07) is 8.23. The molecule has 5 nitrogen and oxygen atoms in total. The summed E-state index contributed by atoms with van der Waals surface area (Å²) >= 11 is 0. The van der Waals surface area contributed by atoms with Crippen LogP contribution in [-0.4, -0.2) is 29.6 Å². The highest BCUT2D eigenvalue weighted by Crippen LogP contribution is 2.03. The van der Waals surface area contributed by atoms with Crippen molar-refractivity contribution in [2.75, 3.05) is 6.54 Å². The van der Waals surface area contributed by atoms with E-state index in [2.05, 4.69) is 17.2 Å². The van der Waals surface area contributed by atoms with Crippen molar-refractivity contribution in [3.05, 3.63) is 48.7 Å². The lowest BCUT2D eigenvalue weighted by Gasteiger charge is -2.14. The molecule has 0 aliphatic rings. The van der Waals surface area contributed by atoms with Crippen LogP contribution in [0.1, 0.15) is 5.56 Å². The monoisotopic (exact) mass is 248 g/mol. The van der Waals surface area contributed by atoms with Gasteiger partial charge in [-0.2, -0.15) is 0 Å². The minimum atomic E-state index is -1.05. The maximum atomic E-state index is 11.4. The number of carboxylic acid groups (broad SMARTS) is 1. The first kappa shape index (κ1) is 13.8. The molecule has 0 saturated carbocycles. The highest BCUT2D eigenvalue weighted by atomic mass is 16.4. The van der Waals surface area contributed by atoms with Gasteiger partial charge in [-0.1, -0.05) is 36.9 Å². The summed E-state index contributed by atoms with van der Waals surface area (Å²) in [5.74, 6) is -1.43. The Morgan fingerprint density at radius 3 is 2.56 bits per heavy atom. The molecule has 0 fully saturated rings. The average molecular weight is 248 g/mol. The Bertz CT molecular complexity index is 418. The molecular weight excluding hydrogens is 232 g/mol. The van der Waals surface area contributed by atoms with E-state index >= 15 is 0 Å². The molecule has 5 heteroatoms. The molecule has 0 radical (unpaired) electrons. The van der Waals surface area contributed by atoms with Gasteiger partial charge in [0.1, 0.15) is 6.04 Å². The second-order valence-electron chi connectivity index (χ2n) is 3.73. The zero-order chi connectivity index (χ0) is 13.4. The van der Waals surface area contributed by atoms with Crippen molar-refractivity contribution < 1.29 is 14.7 Å². The van der Waals surface area contributed by atoms with E-state index in [0.29, 0.717) is 0 Å². The normalized spacial score (nSPS) is 11.3. The number of nitrogens with one attached hydrogen (secondary N) is 2. The van der Waals surface area contributed by atoms with Crippen LogP contribution in [0, 0.1) is 0 Å². The minimum Gasteiger partial charge on any atom is -0.480 e. The Balaban J connectivity index is 2.58. The summed E-state index contributed by atoms with van der Waals surface area (Å²) in [4.78, 5) is 22.5. The first-order chi connectivity index (χ1) is 8.63. The summed E-state index contributed by atoms with van der Waals surface area (Å²) < 4.78 is 0. The van der Waals surface area contributed by atoms with E-state index in [0.717, 1.165) is 5.56 Å². The maximum Gasteiger partial charge on any atom is 0.326 e. The third-order valence-electron chi connectivity index (χ3n) is 2.32. The van der Waals surface area contributed by atoms with Gasteiger partial charge in [-0.25, -0.2) is 4.79 Å². The quantitative estimate of drug-likeness (QED) is 0.658. The molecule has 0 aliphatic carbocycles. The van der Waals surface area contributed by atoms with E-state index in [4.69, 9.17) is 5.11 Å². The largest absolute Gasteiger partial charge is 0.480 e. The number of benzene rings is 1. The molecule has 1 rings (SSSR count). The van der Waals surface area contributed by atoms with Gasteiger partial charge in [0.25, 0.3) is 0 Å². The predicted molar refractivity (Wildman–Crippen MR) is 67.9 cm³/mol. The van der Waals surface area contributed by atoms with Crippen LogP contribution in [0.15, 0.2) is 43.1 Å². The van der Waals surface area contributed by atoms with E-state index in [-0.39, 0.29) is 18.9 Å². The highest BCUT2D eigenvalue weighted by molar-refractivity contribution is 5.84. The van der Waals surface area contributed by atoms with Crippen LogP contribution in [0.4, 0.5) is 0 Å². The zero-order valence-electron chi connectivity index (χ0n) is 9.93. The lowest BCUT2D eigenvalue weighted by molar-refractivity contribution is -0.141. The molecule has 1 aromatic carbocycles. The smallest absolute Gasteiger partial charge is 0.326 e. The van der Waals surface area contributed by atoms with Gasteiger partial charge in [0.2, 0.25) is 5.91 Å². The van der Waals surface area contributed by atoms with Crippen LogP contribution in [0.5, 0.6) is 0 Å². The fourth-order valence-electron chi connectivity index (χ4n) is 1.46. The summed E-state index contributed by atoms with van der Waals surface area (Å²) in [5, 5.41) is 14.1. The van der Waals surface area contributed by atoms with Crippen molar-refractivity contribution in [3.8, 4) is 0 Å². The first-order valence-corrected chi connectivity index (χ1v) is 5.54. The number of carbonyl (C=O) groups is 2. The van der Waals surface area contributed by atoms with Crippen LogP contribution >= 0.6 is 0 Å². The van der Waals surface area contributed by atoms with Gasteiger partial charge < -0.3 is 15.7 Å². The van der Waals surface area contributed by atoms with E-state index in [9.17, 15) is 9.59 Å². The number of hydrogen-bond acceptors (Lipinski definition) is 3. The molecule has 3 N–H and O–H groups in total. The molecule has 0 saturated heterocycles. The van der Waals surface area contributed by atoms with Gasteiger partial charge in [-0.3, -0.25) is 4.79 Å². The van der Waals surface area contributed by atoms with E-state index in [1.54, 1.807) is 0 Å². The van der Waals surface area contributed by atoms with Gasteiger partial charge in [0.15, 0.2) is 0 Å². The van der Waals surface area contributed by atoms with E-state index in [1.165, 1.54) is 6.20 Å². The van der Waals surface area contributed by atoms with Gasteiger partial charge in [0, 0.05) is 6.42 Å². The number of carbonyl (C=O) groups excluding carboxylic acids is 1. The Morgan fingerprint density at radius 2 is 2.00 bits per heavy atom. The standard InChI is InChI=1S/C13H16N2O3/c1-2-14-9-12(16)15-11(13(17)18)8-10-6-4-3-5-7-10/h2-7,11,14H,1,8-9H2,(H,15,16)(H,17,18). The molecule has 0 aromatic heterocycles. The number of rotatable bonds is 7. The third-order valence-corrected chi connectivity index (χ3v) is 2.32. The van der Waals surface area contributed by atoms with Crippen LogP contribution in [0.3, 0.4) is 0 Å². The highest BCUT2D eigenvalue weighted by Gasteiger charge is 2.19. The Kier molecular flexibility index (Phi) is 5.44. The van der Waals surface area contributed by atoms with Crippen molar-refractivity contribution in [3.63, 3.8) is 0 Å². The number of carboxylic acids is 1. The van der Waals surface area contributed by atoms with E-state index < -0.39 is 12.0 Å². The zero-order valence-corrected chi connectivity index (χ0v) is 9.93. The Hall–Kier alpha value is -2.30. The fraction of sp³-hybridized carbons (Fsp3) is 0.231. The molecule has 1 aromatic rings. The average Bonchev–Trinajstić information content (AvgIpc) is 2.36. The van der Waals surface area contributed by atoms with Crippen LogP contribution in [0.25, 0.3) is 0 Å². The Labute approximate surface area is 106 Å². The molecule has 0 heterocycles.